The van der Waals surface area contributed by atoms with Gasteiger partial charge in [0.05, 0.1) is 5.69 Å². The molecule has 0 radical (unpaired) electrons. The van der Waals surface area contributed by atoms with Gasteiger partial charge in [-0.15, -0.1) is 0 Å². The minimum Gasteiger partial charge on any atom is -0.423 e. The van der Waals surface area contributed by atoms with E-state index in [2.05, 4.69) is 5.10 Å². The lowest BCUT2D eigenvalue weighted by Gasteiger charge is -2.00. The molecule has 0 aliphatic rings. The van der Waals surface area contributed by atoms with Gasteiger partial charge in [-0.1, -0.05) is 0 Å². The van der Waals surface area contributed by atoms with Crippen molar-refractivity contribution in [3.63, 3.8) is 0 Å². The zero-order valence-electron chi connectivity index (χ0n) is 7.57. The summed E-state index contributed by atoms with van der Waals surface area (Å²) < 4.78 is 1.75. The first-order valence-corrected chi connectivity index (χ1v) is 3.98. The van der Waals surface area contributed by atoms with Crippen molar-refractivity contribution < 1.29 is 10.0 Å². The zero-order chi connectivity index (χ0) is 9.30. The molecule has 1 heterocycles. The summed E-state index contributed by atoms with van der Waals surface area (Å²) in [5.41, 5.74) is 2.03. The Balaban J connectivity index is 3.19. The fourth-order valence-electron chi connectivity index (χ4n) is 1.39. The lowest BCUT2D eigenvalue weighted by Crippen LogP contribution is -2.33. The second-order valence-corrected chi connectivity index (χ2v) is 2.77. The van der Waals surface area contributed by atoms with Crippen LogP contribution in [0.1, 0.15) is 18.3 Å². The van der Waals surface area contributed by atoms with Crippen molar-refractivity contribution in [2.45, 2.75) is 27.3 Å². The summed E-state index contributed by atoms with van der Waals surface area (Å²) in [5, 5.41) is 22.1. The Morgan fingerprint density at radius 1 is 1.42 bits per heavy atom. The molecule has 0 aliphatic heterocycles. The van der Waals surface area contributed by atoms with Crippen molar-refractivity contribution in [1.29, 1.82) is 0 Å². The normalized spacial score (nSPS) is 10.4. The van der Waals surface area contributed by atoms with Crippen molar-refractivity contribution >= 4 is 12.6 Å². The molecule has 0 bridgehead atoms. The smallest absolute Gasteiger partial charge is 0.423 e. The third-order valence-electron chi connectivity index (χ3n) is 2.00. The molecule has 0 fully saturated rings. The monoisotopic (exact) mass is 168 g/mol. The molecule has 1 rings (SSSR count). The Morgan fingerprint density at radius 3 is 2.25 bits per heavy atom. The van der Waals surface area contributed by atoms with Crippen molar-refractivity contribution in [3.05, 3.63) is 11.4 Å². The fourth-order valence-corrected chi connectivity index (χ4v) is 1.39. The molecule has 1 aromatic rings. The third kappa shape index (κ3) is 1.37. The van der Waals surface area contributed by atoms with E-state index in [1.807, 2.05) is 13.8 Å². The second-order valence-electron chi connectivity index (χ2n) is 2.77. The van der Waals surface area contributed by atoms with Crippen LogP contribution < -0.4 is 5.46 Å². The molecule has 0 aromatic carbocycles. The van der Waals surface area contributed by atoms with Crippen molar-refractivity contribution in [2.24, 2.45) is 0 Å². The standard InChI is InChI=1S/C7H13BN2O2/c1-4-10-6(3)7(8(11)12)5(2)9-10/h11-12H,4H2,1-3H3. The molecule has 0 unspecified atom stereocenters. The summed E-state index contributed by atoms with van der Waals surface area (Å²) in [5.74, 6) is 0. The van der Waals surface area contributed by atoms with Crippen molar-refractivity contribution in [1.82, 2.24) is 9.78 Å². The highest BCUT2D eigenvalue weighted by atomic mass is 16.4. The highest BCUT2D eigenvalue weighted by Gasteiger charge is 2.21. The van der Waals surface area contributed by atoms with Crippen LogP contribution in [0.15, 0.2) is 0 Å². The first-order valence-electron chi connectivity index (χ1n) is 3.98. The van der Waals surface area contributed by atoms with E-state index in [0.29, 0.717) is 11.2 Å². The van der Waals surface area contributed by atoms with E-state index in [-0.39, 0.29) is 0 Å². The zero-order valence-corrected chi connectivity index (χ0v) is 7.57. The molecule has 0 atom stereocenters. The Morgan fingerprint density at radius 2 is 2.00 bits per heavy atom. The van der Waals surface area contributed by atoms with Gasteiger partial charge >= 0.3 is 7.12 Å². The lowest BCUT2D eigenvalue weighted by molar-refractivity contribution is 0.425. The van der Waals surface area contributed by atoms with Gasteiger partial charge < -0.3 is 10.0 Å². The molecule has 5 heteroatoms. The van der Waals surface area contributed by atoms with Gasteiger partial charge in [0, 0.05) is 17.7 Å². The summed E-state index contributed by atoms with van der Waals surface area (Å²) in [4.78, 5) is 0. The lowest BCUT2D eigenvalue weighted by atomic mass is 9.78. The van der Waals surface area contributed by atoms with Crippen LogP contribution in [0, 0.1) is 13.8 Å². The average Bonchev–Trinajstić information content (AvgIpc) is 2.25. The molecule has 0 saturated carbocycles. The molecular weight excluding hydrogens is 155 g/mol. The molecule has 0 aliphatic carbocycles. The topological polar surface area (TPSA) is 58.3 Å². The van der Waals surface area contributed by atoms with E-state index in [0.717, 1.165) is 12.2 Å². The Hall–Kier alpha value is -0.805. The average molecular weight is 168 g/mol. The SMILES string of the molecule is CCn1nc(C)c(B(O)O)c1C. The maximum atomic E-state index is 9.00. The van der Waals surface area contributed by atoms with Gasteiger partial charge in [-0.3, -0.25) is 4.68 Å². The predicted molar refractivity (Wildman–Crippen MR) is 47.2 cm³/mol. The number of aromatic nitrogens is 2. The Bertz CT molecular complexity index is 283. The van der Waals surface area contributed by atoms with Gasteiger partial charge in [-0.2, -0.15) is 5.10 Å². The van der Waals surface area contributed by atoms with Crippen LogP contribution in [0.4, 0.5) is 0 Å². The van der Waals surface area contributed by atoms with Crippen molar-refractivity contribution in [2.75, 3.05) is 0 Å². The third-order valence-corrected chi connectivity index (χ3v) is 2.00. The first kappa shape index (κ1) is 9.28. The van der Waals surface area contributed by atoms with Gasteiger partial charge in [-0.05, 0) is 20.8 Å². The molecule has 12 heavy (non-hydrogen) atoms. The molecule has 0 spiro atoms. The van der Waals surface area contributed by atoms with Crippen LogP contribution >= 0.6 is 0 Å². The van der Waals surface area contributed by atoms with Crippen LogP contribution in [-0.4, -0.2) is 26.9 Å². The molecular formula is C7H13BN2O2. The van der Waals surface area contributed by atoms with Crippen LogP contribution in [0.25, 0.3) is 0 Å². The number of hydrogen-bond donors (Lipinski definition) is 2. The van der Waals surface area contributed by atoms with Gasteiger partial charge in [0.25, 0.3) is 0 Å². The Labute approximate surface area is 72.0 Å². The van der Waals surface area contributed by atoms with Gasteiger partial charge in [0.2, 0.25) is 0 Å². The summed E-state index contributed by atoms with van der Waals surface area (Å²) in [6.07, 6.45) is 0. The fraction of sp³-hybridized carbons (Fsp3) is 0.571. The van der Waals surface area contributed by atoms with E-state index < -0.39 is 7.12 Å². The molecule has 2 N–H and O–H groups in total. The van der Waals surface area contributed by atoms with Crippen LogP contribution in [0.3, 0.4) is 0 Å². The minimum absolute atomic E-state index is 0.525. The maximum Gasteiger partial charge on any atom is 0.492 e. The van der Waals surface area contributed by atoms with Crippen molar-refractivity contribution in [3.8, 4) is 0 Å². The van der Waals surface area contributed by atoms with Crippen LogP contribution in [0.5, 0.6) is 0 Å². The summed E-state index contributed by atoms with van der Waals surface area (Å²) in [6, 6.07) is 0. The molecule has 0 saturated heterocycles. The molecule has 4 nitrogen and oxygen atoms in total. The molecule has 1 aromatic heterocycles. The van der Waals surface area contributed by atoms with Gasteiger partial charge in [0.1, 0.15) is 0 Å². The van der Waals surface area contributed by atoms with E-state index in [4.69, 9.17) is 10.0 Å². The number of hydrogen-bond acceptors (Lipinski definition) is 3. The highest BCUT2D eigenvalue weighted by Crippen LogP contribution is 1.99. The van der Waals surface area contributed by atoms with E-state index in [9.17, 15) is 0 Å². The van der Waals surface area contributed by atoms with Gasteiger partial charge in [0.15, 0.2) is 0 Å². The Kier molecular flexibility index (Phi) is 2.54. The first-order chi connectivity index (χ1) is 5.57. The quantitative estimate of drug-likeness (QED) is 0.568. The minimum atomic E-state index is -1.41. The van der Waals surface area contributed by atoms with Gasteiger partial charge in [-0.25, -0.2) is 0 Å². The van der Waals surface area contributed by atoms with E-state index in [1.54, 1.807) is 11.6 Å². The number of rotatable bonds is 2. The van der Waals surface area contributed by atoms with Crippen LogP contribution in [-0.2, 0) is 6.54 Å². The van der Waals surface area contributed by atoms with Crippen LogP contribution in [0.2, 0.25) is 0 Å². The number of nitrogens with zero attached hydrogens (tertiary/aromatic N) is 2. The van der Waals surface area contributed by atoms with E-state index in [1.165, 1.54) is 0 Å². The maximum absolute atomic E-state index is 9.00. The highest BCUT2D eigenvalue weighted by molar-refractivity contribution is 6.59. The summed E-state index contributed by atoms with van der Waals surface area (Å²) >= 11 is 0. The second kappa shape index (κ2) is 3.29. The largest absolute Gasteiger partial charge is 0.492 e. The van der Waals surface area contributed by atoms with E-state index >= 15 is 0 Å². The molecule has 66 valence electrons. The predicted octanol–water partition coefficient (Wildman–Crippen LogP) is -0.800. The number of aryl methyl sites for hydroxylation is 2. The molecule has 0 amide bonds. The summed E-state index contributed by atoms with van der Waals surface area (Å²) in [6.45, 7) is 6.32. The summed E-state index contributed by atoms with van der Waals surface area (Å²) in [7, 11) is -1.41.